The van der Waals surface area contributed by atoms with E-state index in [2.05, 4.69) is 31.6 Å². The average Bonchev–Trinajstić information content (AvgIpc) is 2.71. The summed E-state index contributed by atoms with van der Waals surface area (Å²) in [4.78, 5) is 0. The van der Waals surface area contributed by atoms with E-state index in [1.807, 2.05) is 20.8 Å². The molecule has 1 atom stereocenters. The minimum Gasteiger partial charge on any atom is -0.309 e. The molecule has 4 nitrogen and oxygen atoms in total. The maximum atomic E-state index is 13.3. The molecule has 0 bridgehead atoms. The van der Waals surface area contributed by atoms with E-state index < -0.39 is 5.82 Å². The zero-order valence-electron chi connectivity index (χ0n) is 11.4. The zero-order chi connectivity index (χ0) is 14.9. The van der Waals surface area contributed by atoms with Gasteiger partial charge in [0, 0.05) is 4.47 Å². The van der Waals surface area contributed by atoms with E-state index in [4.69, 9.17) is 11.6 Å². The van der Waals surface area contributed by atoms with E-state index >= 15 is 0 Å². The highest BCUT2D eigenvalue weighted by atomic mass is 79.9. The van der Waals surface area contributed by atoms with Gasteiger partial charge in [0.25, 0.3) is 0 Å². The number of benzene rings is 1. The van der Waals surface area contributed by atoms with Gasteiger partial charge in [0.1, 0.15) is 11.5 Å². The molecule has 0 amide bonds. The normalized spacial score (nSPS) is 12.7. The molecule has 1 unspecified atom stereocenters. The number of hydrogen-bond donors (Lipinski definition) is 1. The predicted octanol–water partition coefficient (Wildman–Crippen LogP) is 3.80. The summed E-state index contributed by atoms with van der Waals surface area (Å²) in [6, 6.07) is 2.71. The summed E-state index contributed by atoms with van der Waals surface area (Å²) in [5.74, 6) is -0.398. The third-order valence-corrected chi connectivity index (χ3v) is 3.94. The number of nitrogens with zero attached hydrogens (tertiary/aromatic N) is 3. The van der Waals surface area contributed by atoms with Crippen LogP contribution in [0.2, 0.25) is 5.02 Å². The second-order valence-electron chi connectivity index (χ2n) is 4.47. The van der Waals surface area contributed by atoms with Crippen molar-refractivity contribution in [1.29, 1.82) is 0 Å². The molecule has 0 aliphatic heterocycles. The number of rotatable bonds is 4. The summed E-state index contributed by atoms with van der Waals surface area (Å²) in [6.45, 7) is 6.81. The lowest BCUT2D eigenvalue weighted by atomic mass is 10.2. The molecule has 2 aromatic rings. The number of halogens is 3. The lowest BCUT2D eigenvalue weighted by Crippen LogP contribution is -2.19. The van der Waals surface area contributed by atoms with Gasteiger partial charge in [-0.05, 0) is 48.5 Å². The summed E-state index contributed by atoms with van der Waals surface area (Å²) < 4.78 is 15.4. The van der Waals surface area contributed by atoms with E-state index in [0.29, 0.717) is 10.2 Å². The van der Waals surface area contributed by atoms with Crippen molar-refractivity contribution in [3.63, 3.8) is 0 Å². The molecule has 0 saturated carbocycles. The Hall–Kier alpha value is -0.980. The van der Waals surface area contributed by atoms with Crippen molar-refractivity contribution in [2.75, 3.05) is 6.54 Å². The van der Waals surface area contributed by atoms with Crippen LogP contribution >= 0.6 is 27.5 Å². The van der Waals surface area contributed by atoms with Crippen LogP contribution in [-0.4, -0.2) is 21.5 Å². The topological polar surface area (TPSA) is 42.7 Å². The third-order valence-electron chi connectivity index (χ3n) is 3.04. The second-order valence-corrected chi connectivity index (χ2v) is 5.73. The highest BCUT2D eigenvalue weighted by molar-refractivity contribution is 9.10. The molecule has 0 spiro atoms. The number of nitrogens with one attached hydrogen (secondary N) is 1. The van der Waals surface area contributed by atoms with E-state index in [1.54, 1.807) is 4.68 Å². The van der Waals surface area contributed by atoms with Crippen LogP contribution in [0.15, 0.2) is 16.6 Å². The Kier molecular flexibility index (Phi) is 4.78. The average molecular weight is 362 g/mol. The van der Waals surface area contributed by atoms with Crippen LogP contribution in [0.25, 0.3) is 5.69 Å². The maximum absolute atomic E-state index is 13.3. The first kappa shape index (κ1) is 15.4. The van der Waals surface area contributed by atoms with Crippen molar-refractivity contribution in [2.45, 2.75) is 26.8 Å². The minimum absolute atomic E-state index is 0.0896. The van der Waals surface area contributed by atoms with E-state index in [0.717, 1.165) is 17.9 Å². The zero-order valence-corrected chi connectivity index (χ0v) is 13.8. The minimum atomic E-state index is -0.398. The lowest BCUT2D eigenvalue weighted by molar-refractivity contribution is 0.579. The highest BCUT2D eigenvalue weighted by Gasteiger charge is 2.19. The Balaban J connectivity index is 2.50. The first-order valence-electron chi connectivity index (χ1n) is 6.26. The lowest BCUT2D eigenvalue weighted by Gasteiger charge is -2.12. The molecule has 1 heterocycles. The molecule has 0 aliphatic rings. The van der Waals surface area contributed by atoms with Crippen molar-refractivity contribution in [2.24, 2.45) is 0 Å². The molecule has 20 heavy (non-hydrogen) atoms. The summed E-state index contributed by atoms with van der Waals surface area (Å²) in [5.41, 5.74) is 2.31. The quantitative estimate of drug-likeness (QED) is 0.900. The molecular weight excluding hydrogens is 347 g/mol. The molecular formula is C13H15BrClFN4. The van der Waals surface area contributed by atoms with Crippen LogP contribution in [0.5, 0.6) is 0 Å². The van der Waals surface area contributed by atoms with Gasteiger partial charge in [-0.3, -0.25) is 0 Å². The fourth-order valence-corrected chi connectivity index (χ4v) is 3.09. The Morgan fingerprint density at radius 1 is 1.50 bits per heavy atom. The molecule has 2 rings (SSSR count). The Labute approximate surface area is 130 Å². The first-order chi connectivity index (χ1) is 9.45. The maximum Gasteiger partial charge on any atom is 0.125 e. The molecule has 0 fully saturated rings. The Morgan fingerprint density at radius 3 is 2.80 bits per heavy atom. The standard InChI is InChI=1S/C13H15BrClFN4/c1-4-17-7(2)12-8(3)20(19-18-12)13-10(14)5-9(16)6-11(13)15/h5-7,17H,4H2,1-3H3. The van der Waals surface area contributed by atoms with Gasteiger partial charge in [0.15, 0.2) is 0 Å². The van der Waals surface area contributed by atoms with Crippen LogP contribution in [-0.2, 0) is 0 Å². The summed E-state index contributed by atoms with van der Waals surface area (Å²) in [6.07, 6.45) is 0. The smallest absolute Gasteiger partial charge is 0.125 e. The van der Waals surface area contributed by atoms with E-state index in [9.17, 15) is 4.39 Å². The SMILES string of the molecule is CCNC(C)c1nnn(-c2c(Cl)cc(F)cc2Br)c1C. The Bertz CT molecular complexity index is 606. The van der Waals surface area contributed by atoms with Gasteiger partial charge >= 0.3 is 0 Å². The van der Waals surface area contributed by atoms with E-state index in [1.165, 1.54) is 12.1 Å². The molecule has 1 aromatic carbocycles. The number of hydrogen-bond acceptors (Lipinski definition) is 3. The van der Waals surface area contributed by atoms with E-state index in [-0.39, 0.29) is 11.1 Å². The molecule has 7 heteroatoms. The predicted molar refractivity (Wildman–Crippen MR) is 80.9 cm³/mol. The number of aromatic nitrogens is 3. The van der Waals surface area contributed by atoms with Crippen LogP contribution in [0.1, 0.15) is 31.3 Å². The van der Waals surface area contributed by atoms with Crippen molar-refractivity contribution < 1.29 is 4.39 Å². The van der Waals surface area contributed by atoms with Gasteiger partial charge in [-0.2, -0.15) is 0 Å². The van der Waals surface area contributed by atoms with Gasteiger partial charge in [-0.25, -0.2) is 9.07 Å². The first-order valence-corrected chi connectivity index (χ1v) is 7.43. The van der Waals surface area contributed by atoms with Crippen LogP contribution in [0.3, 0.4) is 0 Å². The van der Waals surface area contributed by atoms with Crippen LogP contribution in [0, 0.1) is 12.7 Å². The van der Waals surface area contributed by atoms with Crippen molar-refractivity contribution in [3.05, 3.63) is 38.8 Å². The molecule has 108 valence electrons. The largest absolute Gasteiger partial charge is 0.309 e. The fourth-order valence-electron chi connectivity index (χ4n) is 2.09. The molecule has 0 aliphatic carbocycles. The molecule has 1 N–H and O–H groups in total. The summed E-state index contributed by atoms with van der Waals surface area (Å²) in [7, 11) is 0. The van der Waals surface area contributed by atoms with Gasteiger partial charge < -0.3 is 5.32 Å². The van der Waals surface area contributed by atoms with Gasteiger partial charge in [-0.1, -0.05) is 23.7 Å². The van der Waals surface area contributed by atoms with Crippen molar-refractivity contribution in [3.8, 4) is 5.69 Å². The molecule has 0 saturated heterocycles. The Morgan fingerprint density at radius 2 is 2.20 bits per heavy atom. The van der Waals surface area contributed by atoms with Gasteiger partial charge in [0.05, 0.1) is 22.4 Å². The highest BCUT2D eigenvalue weighted by Crippen LogP contribution is 2.31. The van der Waals surface area contributed by atoms with Gasteiger partial charge in [-0.15, -0.1) is 5.10 Å². The van der Waals surface area contributed by atoms with Crippen LogP contribution < -0.4 is 5.32 Å². The summed E-state index contributed by atoms with van der Waals surface area (Å²) >= 11 is 9.43. The monoisotopic (exact) mass is 360 g/mol. The second kappa shape index (κ2) is 6.20. The van der Waals surface area contributed by atoms with Crippen molar-refractivity contribution >= 4 is 27.5 Å². The summed E-state index contributed by atoms with van der Waals surface area (Å²) in [5, 5.41) is 11.9. The van der Waals surface area contributed by atoms with Gasteiger partial charge in [0.2, 0.25) is 0 Å². The van der Waals surface area contributed by atoms with Crippen LogP contribution in [0.4, 0.5) is 4.39 Å². The third kappa shape index (κ3) is 2.87. The molecule has 1 aromatic heterocycles. The molecule has 0 radical (unpaired) electrons. The fraction of sp³-hybridized carbons (Fsp3) is 0.385. The van der Waals surface area contributed by atoms with Crippen molar-refractivity contribution in [1.82, 2.24) is 20.3 Å².